The molecule has 5 aromatic rings. The highest BCUT2D eigenvalue weighted by molar-refractivity contribution is 6.00. The van der Waals surface area contributed by atoms with Gasteiger partial charge in [-0.05, 0) is 85.0 Å². The lowest BCUT2D eigenvalue weighted by atomic mass is 9.97. The molecule has 12 amide bonds. The Balaban J connectivity index is 1.17. The minimum atomic E-state index is -1.82. The van der Waals surface area contributed by atoms with Crippen molar-refractivity contribution in [3.8, 4) is 11.5 Å². The number of nitrogens with one attached hydrogen (secondary N) is 11. The zero-order chi connectivity index (χ0) is 72.8. The molecule has 0 spiro atoms. The lowest BCUT2D eigenvalue weighted by Gasteiger charge is -2.32. The quantitative estimate of drug-likeness (QED) is 0.0191. The number of hydrogen-bond donors (Lipinski definition) is 18. The molecule has 33 nitrogen and oxygen atoms in total. The molecule has 21 N–H and O–H groups in total. The predicted molar refractivity (Wildman–Crippen MR) is 355 cm³/mol. The van der Waals surface area contributed by atoms with Gasteiger partial charge in [0.1, 0.15) is 65.9 Å². The van der Waals surface area contributed by atoms with Crippen molar-refractivity contribution < 1.29 is 82.8 Å². The van der Waals surface area contributed by atoms with Gasteiger partial charge in [-0.2, -0.15) is 0 Å². The number of carbonyl (C=O) groups excluding carboxylic acids is 12. The number of phenols is 2. The molecule has 1 saturated heterocycles. The van der Waals surface area contributed by atoms with E-state index >= 15 is 0 Å². The van der Waals surface area contributed by atoms with Gasteiger partial charge in [-0.3, -0.25) is 57.5 Å². The second-order valence-electron chi connectivity index (χ2n) is 24.8. The number of aliphatic hydroxyl groups excluding tert-OH is 1. The number of H-pyrrole nitrogens is 2. The van der Waals surface area contributed by atoms with Gasteiger partial charge in [0.2, 0.25) is 70.9 Å². The molecule has 33 heteroatoms. The molecule has 3 aromatic carbocycles. The Morgan fingerprint density at radius 1 is 0.616 bits per heavy atom. The number of imidazole rings is 1. The number of fused-ring (bicyclic) bond motifs is 1. The van der Waals surface area contributed by atoms with Crippen LogP contribution in [0.2, 0.25) is 0 Å². The number of aliphatic carboxylic acids is 1. The Morgan fingerprint density at radius 2 is 1.17 bits per heavy atom. The van der Waals surface area contributed by atoms with E-state index in [0.717, 1.165) is 15.8 Å². The van der Waals surface area contributed by atoms with Gasteiger partial charge in [-0.1, -0.05) is 76.6 Å². The fourth-order valence-electron chi connectivity index (χ4n) is 11.0. The SMILES string of the molecule is CC[C@H](C)[C@H](NC(=O)[C@@H](NC(=O)[C@H](CC(N)=O)NC(=O)[C@H](CCC(N)=O)NC(=O)[C@@H]1CCCN1C(=O)[C@@H](NC(=O)[C@H](Cc1ccc(O)cc1)NC(=O)CNC(=O)[C@H](Cc1ccc(O)cc1)NC(=O)[C@H](Cc1c[nH]c2ccccc12)NC(=O)[C@@H](N)Cc1cnc[nH]1)[C@@H](C)O)C(C)C)C(=O)O. The van der Waals surface area contributed by atoms with E-state index in [1.807, 2.05) is 18.2 Å². The molecule has 1 aliphatic heterocycles. The lowest BCUT2D eigenvalue weighted by molar-refractivity contribution is -0.145. The van der Waals surface area contributed by atoms with Gasteiger partial charge in [0.15, 0.2) is 0 Å². The van der Waals surface area contributed by atoms with E-state index < -0.39 is 181 Å². The summed E-state index contributed by atoms with van der Waals surface area (Å²) in [5.41, 5.74) is 19.9. The number of hydrogen-bond acceptors (Lipinski definition) is 18. The molecule has 1 fully saturated rings. The van der Waals surface area contributed by atoms with Crippen LogP contribution in [0.25, 0.3) is 10.9 Å². The number of likely N-dealkylation sites (tertiary alicyclic amines) is 1. The van der Waals surface area contributed by atoms with Gasteiger partial charge in [0, 0.05) is 67.6 Å². The Kier molecular flexibility index (Phi) is 28.3. The highest BCUT2D eigenvalue weighted by atomic mass is 16.4. The van der Waals surface area contributed by atoms with Gasteiger partial charge in [-0.25, -0.2) is 9.78 Å². The minimum Gasteiger partial charge on any atom is -0.508 e. The molecular weight excluding hydrogens is 1290 g/mol. The van der Waals surface area contributed by atoms with E-state index in [2.05, 4.69) is 62.8 Å². The number of para-hydroxylation sites is 1. The van der Waals surface area contributed by atoms with E-state index in [0.29, 0.717) is 28.8 Å². The second-order valence-corrected chi connectivity index (χ2v) is 24.8. The molecule has 534 valence electrons. The summed E-state index contributed by atoms with van der Waals surface area (Å²) in [5, 5.41) is 64.4. The monoisotopic (exact) mass is 1380 g/mol. The number of amides is 12. The van der Waals surface area contributed by atoms with E-state index in [1.54, 1.807) is 40.0 Å². The predicted octanol–water partition coefficient (Wildman–Crippen LogP) is -2.81. The number of carboxylic acid groups (broad SMARTS) is 1. The van der Waals surface area contributed by atoms with Gasteiger partial charge in [-0.15, -0.1) is 0 Å². The number of aromatic hydroxyl groups is 2. The fourth-order valence-corrected chi connectivity index (χ4v) is 11.0. The average Bonchev–Trinajstić information content (AvgIpc) is 1.74. The van der Waals surface area contributed by atoms with E-state index in [-0.39, 0.29) is 56.6 Å². The molecule has 3 heterocycles. The smallest absolute Gasteiger partial charge is 0.326 e. The maximum Gasteiger partial charge on any atom is 0.326 e. The van der Waals surface area contributed by atoms with Crippen LogP contribution in [0.15, 0.2) is 91.5 Å². The number of rotatable bonds is 37. The molecule has 12 atom stereocenters. The van der Waals surface area contributed by atoms with Crippen LogP contribution in [-0.2, 0) is 88.0 Å². The highest BCUT2D eigenvalue weighted by Crippen LogP contribution is 2.23. The third kappa shape index (κ3) is 22.8. The van der Waals surface area contributed by atoms with Gasteiger partial charge < -0.3 is 100 Å². The third-order valence-corrected chi connectivity index (χ3v) is 16.8. The van der Waals surface area contributed by atoms with Crippen LogP contribution >= 0.6 is 0 Å². The number of carbonyl (C=O) groups is 13. The van der Waals surface area contributed by atoms with E-state index in [1.165, 1.54) is 68.0 Å². The number of aromatic amines is 2. The van der Waals surface area contributed by atoms with Crippen molar-refractivity contribution in [3.63, 3.8) is 0 Å². The van der Waals surface area contributed by atoms with Gasteiger partial charge in [0.05, 0.1) is 31.4 Å². The summed E-state index contributed by atoms with van der Waals surface area (Å²) < 4.78 is 0. The lowest BCUT2D eigenvalue weighted by Crippen LogP contribution is -2.62. The first-order valence-electron chi connectivity index (χ1n) is 32.2. The summed E-state index contributed by atoms with van der Waals surface area (Å²) in [6.45, 7) is 6.62. The normalized spacial score (nSPS) is 16.1. The number of benzene rings is 3. The maximum atomic E-state index is 14.6. The summed E-state index contributed by atoms with van der Waals surface area (Å²) >= 11 is 0. The molecule has 0 saturated carbocycles. The fraction of sp³-hybridized carbons (Fsp3) is 0.455. The maximum absolute atomic E-state index is 14.6. The number of nitrogens with two attached hydrogens (primary N) is 3. The Hall–Kier alpha value is -11.0. The van der Waals surface area contributed by atoms with Crippen molar-refractivity contribution in [1.29, 1.82) is 0 Å². The molecule has 2 aromatic heterocycles. The van der Waals surface area contributed by atoms with Crippen molar-refractivity contribution in [2.75, 3.05) is 13.1 Å². The standard InChI is InChI=1S/C66H88N16O17/c1-6-34(4)55(66(98)99)80-64(96)54(33(2)3)79-62(94)49(28-52(69)87)78-59(91)45(21-22-51(68)86)75-63(95)50-12-9-23-82(50)65(97)56(35(5)83)81-61(93)47(25-37-15-19-41(85)20-16-37)74-53(88)31-72-58(90)46(24-36-13-17-40(84)18-14-36)77-60(92)48(26-38-29-71-44-11-8-7-10-42(38)44)76-57(89)43(67)27-39-30-70-32-73-39/h7-8,10-11,13-20,29-30,32-35,43,45-50,54-56,71,83-85H,6,9,12,21-28,31,67H2,1-5H3,(H2,68,86)(H2,69,87)(H,70,73)(H,72,90)(H,74,88)(H,75,95)(H,76,89)(H,77,92)(H,78,91)(H,79,94)(H,80,96)(H,81,93)(H,98,99)/t34-,35+,43-,45-,46-,47-,48-,49-,50-,54-,55-,56-/m0/s1. The Bertz CT molecular complexity index is 3680. The number of primary amides is 2. The topological polar surface area (TPSA) is 537 Å². The molecular formula is C66H88N16O17. The molecule has 6 rings (SSSR count). The first kappa shape index (κ1) is 77.1. The van der Waals surface area contributed by atoms with E-state index in [4.69, 9.17) is 17.2 Å². The van der Waals surface area contributed by atoms with Crippen LogP contribution < -0.4 is 65.1 Å². The van der Waals surface area contributed by atoms with Crippen LogP contribution in [0.1, 0.15) is 95.5 Å². The first-order valence-corrected chi connectivity index (χ1v) is 32.2. The van der Waals surface area contributed by atoms with Crippen LogP contribution in [-0.4, -0.2) is 197 Å². The number of aromatic nitrogens is 3. The first-order chi connectivity index (χ1) is 46.9. The van der Waals surface area contributed by atoms with Crippen molar-refractivity contribution >= 4 is 87.8 Å². The summed E-state index contributed by atoms with van der Waals surface area (Å²) in [6, 6.07) is 3.49. The van der Waals surface area contributed by atoms with Crippen LogP contribution in [0.3, 0.4) is 0 Å². The average molecular weight is 1380 g/mol. The molecule has 99 heavy (non-hydrogen) atoms. The van der Waals surface area contributed by atoms with Crippen molar-refractivity contribution in [1.82, 2.24) is 67.7 Å². The van der Waals surface area contributed by atoms with Crippen LogP contribution in [0.4, 0.5) is 0 Å². The molecule has 1 aliphatic rings. The molecule has 0 aliphatic carbocycles. The molecule has 0 bridgehead atoms. The van der Waals surface area contributed by atoms with E-state index in [9.17, 15) is 82.8 Å². The number of nitrogens with zero attached hydrogens (tertiary/aromatic N) is 2. The summed E-state index contributed by atoms with van der Waals surface area (Å²) in [5.74, 6) is -14.3. The number of aliphatic hydroxyl groups is 1. The van der Waals surface area contributed by atoms with Gasteiger partial charge >= 0.3 is 5.97 Å². The summed E-state index contributed by atoms with van der Waals surface area (Å²) in [6.07, 6.45) is 1.01. The third-order valence-electron chi connectivity index (χ3n) is 16.8. The number of phenolic OH excluding ortho intramolecular Hbond substituents is 2. The molecule has 0 radical (unpaired) electrons. The van der Waals surface area contributed by atoms with Crippen LogP contribution in [0.5, 0.6) is 11.5 Å². The highest BCUT2D eigenvalue weighted by Gasteiger charge is 2.42. The van der Waals surface area contributed by atoms with Gasteiger partial charge in [0.25, 0.3) is 0 Å². The second kappa shape index (κ2) is 36.4. The molecule has 0 unspecified atom stereocenters. The zero-order valence-electron chi connectivity index (χ0n) is 55.4. The minimum absolute atomic E-state index is 0.0377. The number of carboxylic acids is 1. The van der Waals surface area contributed by atoms with Crippen molar-refractivity contribution in [2.45, 2.75) is 165 Å². The Labute approximate surface area is 569 Å². The van der Waals surface area contributed by atoms with Crippen LogP contribution in [0, 0.1) is 11.8 Å². The summed E-state index contributed by atoms with van der Waals surface area (Å²) in [7, 11) is 0. The van der Waals surface area contributed by atoms with Crippen molar-refractivity contribution in [2.24, 2.45) is 29.0 Å². The zero-order valence-corrected chi connectivity index (χ0v) is 55.4. The Morgan fingerprint density at radius 3 is 1.75 bits per heavy atom. The van der Waals surface area contributed by atoms with Crippen molar-refractivity contribution in [3.05, 3.63) is 114 Å². The largest absolute Gasteiger partial charge is 0.508 e. The summed E-state index contributed by atoms with van der Waals surface area (Å²) in [4.78, 5) is 189.